The average molecular weight is 316 g/mol. The van der Waals surface area contributed by atoms with Crippen LogP contribution < -0.4 is 10.2 Å². The molecule has 0 bridgehead atoms. The monoisotopic (exact) mass is 315 g/mol. The first-order valence-corrected chi connectivity index (χ1v) is 7.22. The third-order valence-electron chi connectivity index (χ3n) is 3.74. The first-order valence-electron chi connectivity index (χ1n) is 6.84. The topological polar surface area (TPSA) is 62.3 Å². The van der Waals surface area contributed by atoms with Gasteiger partial charge in [-0.1, -0.05) is 29.8 Å². The van der Waals surface area contributed by atoms with Crippen molar-refractivity contribution in [2.75, 3.05) is 17.3 Å². The van der Waals surface area contributed by atoms with Crippen LogP contribution in [0.25, 0.3) is 0 Å². The molecule has 0 fully saturated rings. The van der Waals surface area contributed by atoms with Crippen molar-refractivity contribution < 1.29 is 9.59 Å². The van der Waals surface area contributed by atoms with Crippen LogP contribution in [-0.2, 0) is 9.59 Å². The van der Waals surface area contributed by atoms with E-state index in [1.807, 2.05) is 24.3 Å². The van der Waals surface area contributed by atoms with Crippen LogP contribution in [0, 0.1) is 0 Å². The molecule has 0 saturated carbocycles. The summed E-state index contributed by atoms with van der Waals surface area (Å²) in [5, 5.41) is 3.14. The summed E-state index contributed by atoms with van der Waals surface area (Å²) in [6, 6.07) is 10.7. The number of para-hydroxylation sites is 1. The van der Waals surface area contributed by atoms with Crippen LogP contribution >= 0.6 is 11.6 Å². The standard InChI is InChI=1S/C16H14ClN3O2/c1-20-13-5-3-2-4-11(13)12(8-15(20)21)16(22)19-10-6-7-14(17)18-9-10/h2-7,9,12H,8H2,1H3,(H,19,22). The van der Waals surface area contributed by atoms with Gasteiger partial charge in [-0.05, 0) is 23.8 Å². The number of nitrogens with zero attached hydrogens (tertiary/aromatic N) is 2. The SMILES string of the molecule is CN1C(=O)CC(C(=O)Nc2ccc(Cl)nc2)c2ccccc21. The van der Waals surface area contributed by atoms with Crippen LogP contribution in [0.4, 0.5) is 11.4 Å². The highest BCUT2D eigenvalue weighted by Crippen LogP contribution is 2.35. The molecule has 3 rings (SSSR count). The van der Waals surface area contributed by atoms with E-state index >= 15 is 0 Å². The molecule has 6 heteroatoms. The Kier molecular flexibility index (Phi) is 3.81. The Morgan fingerprint density at radius 2 is 2.09 bits per heavy atom. The Bertz CT molecular complexity index is 730. The summed E-state index contributed by atoms with van der Waals surface area (Å²) in [5.74, 6) is -0.804. The van der Waals surface area contributed by atoms with Crippen LogP contribution in [0.1, 0.15) is 17.9 Å². The highest BCUT2D eigenvalue weighted by molar-refractivity contribution is 6.29. The fraction of sp³-hybridized carbons (Fsp3) is 0.188. The van der Waals surface area contributed by atoms with Crippen LogP contribution in [0.2, 0.25) is 5.15 Å². The average Bonchev–Trinajstić information content (AvgIpc) is 2.53. The van der Waals surface area contributed by atoms with Gasteiger partial charge >= 0.3 is 0 Å². The first kappa shape index (κ1) is 14.5. The third-order valence-corrected chi connectivity index (χ3v) is 3.96. The normalized spacial score (nSPS) is 17.1. The van der Waals surface area contributed by atoms with Gasteiger partial charge in [-0.25, -0.2) is 4.98 Å². The van der Waals surface area contributed by atoms with Crippen LogP contribution in [0.5, 0.6) is 0 Å². The van der Waals surface area contributed by atoms with Gasteiger partial charge in [-0.15, -0.1) is 0 Å². The number of pyridine rings is 1. The van der Waals surface area contributed by atoms with Crippen molar-refractivity contribution in [3.8, 4) is 0 Å². The summed E-state index contributed by atoms with van der Waals surface area (Å²) in [4.78, 5) is 30.1. The Morgan fingerprint density at radius 1 is 1.32 bits per heavy atom. The molecule has 2 aromatic rings. The number of aromatic nitrogens is 1. The molecule has 1 aliphatic rings. The highest BCUT2D eigenvalue weighted by Gasteiger charge is 2.33. The number of carbonyl (C=O) groups is 2. The van der Waals surface area contributed by atoms with E-state index in [-0.39, 0.29) is 18.2 Å². The number of amides is 2. The molecule has 2 amide bonds. The number of anilines is 2. The Morgan fingerprint density at radius 3 is 2.82 bits per heavy atom. The third kappa shape index (κ3) is 2.67. The maximum absolute atomic E-state index is 12.5. The summed E-state index contributed by atoms with van der Waals surface area (Å²) in [6.07, 6.45) is 1.64. The van der Waals surface area contributed by atoms with Gasteiger partial charge in [0.2, 0.25) is 11.8 Å². The lowest BCUT2D eigenvalue weighted by Crippen LogP contribution is -2.37. The van der Waals surface area contributed by atoms with Gasteiger partial charge in [0, 0.05) is 19.2 Å². The van der Waals surface area contributed by atoms with E-state index in [0.29, 0.717) is 10.8 Å². The van der Waals surface area contributed by atoms with Crippen molar-refractivity contribution in [3.63, 3.8) is 0 Å². The predicted molar refractivity (Wildman–Crippen MR) is 85.1 cm³/mol. The zero-order chi connectivity index (χ0) is 15.7. The number of rotatable bonds is 2. The molecule has 0 aliphatic carbocycles. The molecule has 0 spiro atoms. The molecule has 1 aromatic heterocycles. The summed E-state index contributed by atoms with van der Waals surface area (Å²) in [6.45, 7) is 0. The lowest BCUT2D eigenvalue weighted by atomic mass is 9.89. The molecule has 1 aromatic carbocycles. The number of halogens is 1. The van der Waals surface area contributed by atoms with Crippen molar-refractivity contribution in [3.05, 3.63) is 53.3 Å². The van der Waals surface area contributed by atoms with E-state index in [2.05, 4.69) is 10.3 Å². The fourth-order valence-corrected chi connectivity index (χ4v) is 2.67. The van der Waals surface area contributed by atoms with E-state index in [1.165, 1.54) is 6.20 Å². The molecule has 0 radical (unpaired) electrons. The predicted octanol–water partition coefficient (Wildman–Crippen LogP) is 2.82. The molecule has 112 valence electrons. The number of carbonyl (C=O) groups excluding carboxylic acids is 2. The van der Waals surface area contributed by atoms with E-state index in [9.17, 15) is 9.59 Å². The quantitative estimate of drug-likeness (QED) is 0.867. The number of hydrogen-bond acceptors (Lipinski definition) is 3. The first-order chi connectivity index (χ1) is 10.6. The van der Waals surface area contributed by atoms with E-state index in [1.54, 1.807) is 24.1 Å². The molecule has 1 N–H and O–H groups in total. The van der Waals surface area contributed by atoms with Crippen molar-refractivity contribution in [2.45, 2.75) is 12.3 Å². The molecular formula is C16H14ClN3O2. The lowest BCUT2D eigenvalue weighted by molar-refractivity contribution is -0.124. The van der Waals surface area contributed by atoms with E-state index in [0.717, 1.165) is 11.3 Å². The van der Waals surface area contributed by atoms with Crippen molar-refractivity contribution in [2.24, 2.45) is 0 Å². The number of benzene rings is 1. The van der Waals surface area contributed by atoms with Crippen LogP contribution in [0.15, 0.2) is 42.6 Å². The van der Waals surface area contributed by atoms with Crippen molar-refractivity contribution in [1.29, 1.82) is 0 Å². The lowest BCUT2D eigenvalue weighted by Gasteiger charge is -2.30. The van der Waals surface area contributed by atoms with Crippen LogP contribution in [-0.4, -0.2) is 23.8 Å². The molecule has 2 heterocycles. The highest BCUT2D eigenvalue weighted by atomic mass is 35.5. The summed E-state index contributed by atoms with van der Waals surface area (Å²) in [7, 11) is 1.72. The second kappa shape index (κ2) is 5.77. The molecule has 1 unspecified atom stereocenters. The van der Waals surface area contributed by atoms with Gasteiger partial charge in [-0.2, -0.15) is 0 Å². The maximum Gasteiger partial charge on any atom is 0.232 e. The Hall–Kier alpha value is -2.40. The van der Waals surface area contributed by atoms with Gasteiger partial charge in [0.05, 0.1) is 17.8 Å². The summed E-state index contributed by atoms with van der Waals surface area (Å²) >= 11 is 5.73. The van der Waals surface area contributed by atoms with Gasteiger partial charge in [-0.3, -0.25) is 9.59 Å². The van der Waals surface area contributed by atoms with E-state index in [4.69, 9.17) is 11.6 Å². The maximum atomic E-state index is 12.5. The number of nitrogens with one attached hydrogen (secondary N) is 1. The minimum Gasteiger partial charge on any atom is -0.324 e. The number of fused-ring (bicyclic) bond motifs is 1. The molecule has 22 heavy (non-hydrogen) atoms. The summed E-state index contributed by atoms with van der Waals surface area (Å²) < 4.78 is 0. The second-order valence-electron chi connectivity index (χ2n) is 5.13. The zero-order valence-electron chi connectivity index (χ0n) is 11.9. The van der Waals surface area contributed by atoms with Crippen molar-refractivity contribution >= 4 is 34.8 Å². The smallest absolute Gasteiger partial charge is 0.232 e. The minimum atomic E-state index is -0.504. The number of hydrogen-bond donors (Lipinski definition) is 1. The van der Waals surface area contributed by atoms with Gasteiger partial charge < -0.3 is 10.2 Å². The van der Waals surface area contributed by atoms with Crippen LogP contribution in [0.3, 0.4) is 0 Å². The van der Waals surface area contributed by atoms with Gasteiger partial charge in [0.25, 0.3) is 0 Å². The molecule has 0 saturated heterocycles. The molecule has 1 aliphatic heterocycles. The molecule has 5 nitrogen and oxygen atoms in total. The second-order valence-corrected chi connectivity index (χ2v) is 5.51. The fourth-order valence-electron chi connectivity index (χ4n) is 2.56. The Labute approximate surface area is 132 Å². The largest absolute Gasteiger partial charge is 0.324 e. The Balaban J connectivity index is 1.88. The minimum absolute atomic E-state index is 0.0759. The van der Waals surface area contributed by atoms with E-state index < -0.39 is 5.92 Å². The van der Waals surface area contributed by atoms with Gasteiger partial charge in [0.1, 0.15) is 5.15 Å². The van der Waals surface area contributed by atoms with Crippen molar-refractivity contribution in [1.82, 2.24) is 4.98 Å². The zero-order valence-corrected chi connectivity index (χ0v) is 12.7. The van der Waals surface area contributed by atoms with Gasteiger partial charge in [0.15, 0.2) is 0 Å². The summed E-state index contributed by atoms with van der Waals surface area (Å²) in [5.41, 5.74) is 2.18. The molecule has 1 atom stereocenters. The molecular weight excluding hydrogens is 302 g/mol.